The first-order valence-corrected chi connectivity index (χ1v) is 6.81. The molecule has 0 saturated heterocycles. The highest BCUT2D eigenvalue weighted by molar-refractivity contribution is 4.64. The van der Waals surface area contributed by atoms with Crippen molar-refractivity contribution in [3.05, 3.63) is 0 Å². The van der Waals surface area contributed by atoms with E-state index in [0.717, 1.165) is 19.1 Å². The molecule has 0 spiro atoms. The molecule has 100 valence electrons. The molecule has 0 heterocycles. The zero-order chi connectivity index (χ0) is 13.0. The van der Waals surface area contributed by atoms with E-state index >= 15 is 0 Å². The number of likely N-dealkylation sites (N-methyl/N-ethyl adjacent to an activating group) is 1. The maximum atomic E-state index is 5.07. The summed E-state index contributed by atoms with van der Waals surface area (Å²) in [4.78, 5) is 2.38. The van der Waals surface area contributed by atoms with Gasteiger partial charge < -0.3 is 9.64 Å². The molecule has 0 radical (unpaired) electrons. The summed E-state index contributed by atoms with van der Waals surface area (Å²) in [5.74, 6) is 0.869. The Hall–Kier alpha value is -0.0800. The monoisotopic (exact) mass is 231 g/mol. The molecule has 0 rings (SSSR count). The third-order valence-electron chi connectivity index (χ3n) is 3.17. The van der Waals surface area contributed by atoms with E-state index in [1.54, 1.807) is 7.11 Å². The Morgan fingerprint density at radius 2 is 1.69 bits per heavy atom. The standard InChI is InChI=1S/C12H27NO.C2H6/c1-6-11(2)7-8-12(3)13(4)9-10-14-5;1-2/h11-12H,6-10H2,1-5H3;1-2H3. The molecule has 0 aliphatic heterocycles. The Morgan fingerprint density at radius 1 is 1.12 bits per heavy atom. The Labute approximate surface area is 103 Å². The van der Waals surface area contributed by atoms with Crippen LogP contribution in [0.4, 0.5) is 0 Å². The van der Waals surface area contributed by atoms with Gasteiger partial charge >= 0.3 is 0 Å². The topological polar surface area (TPSA) is 12.5 Å². The SMILES string of the molecule is CC.CCC(C)CCC(C)N(C)CCOC. The van der Waals surface area contributed by atoms with E-state index in [1.807, 2.05) is 13.8 Å². The van der Waals surface area contributed by atoms with Crippen LogP contribution in [0.25, 0.3) is 0 Å². The van der Waals surface area contributed by atoms with Gasteiger partial charge in [-0.25, -0.2) is 0 Å². The highest BCUT2D eigenvalue weighted by atomic mass is 16.5. The van der Waals surface area contributed by atoms with E-state index in [2.05, 4.69) is 32.7 Å². The van der Waals surface area contributed by atoms with Crippen molar-refractivity contribution in [1.29, 1.82) is 0 Å². The van der Waals surface area contributed by atoms with Crippen LogP contribution in [0.2, 0.25) is 0 Å². The van der Waals surface area contributed by atoms with Crippen molar-refractivity contribution in [1.82, 2.24) is 4.90 Å². The molecular formula is C14H33NO. The molecule has 16 heavy (non-hydrogen) atoms. The summed E-state index contributed by atoms with van der Waals surface area (Å²) < 4.78 is 5.07. The van der Waals surface area contributed by atoms with Crippen LogP contribution in [0, 0.1) is 5.92 Å². The van der Waals surface area contributed by atoms with E-state index < -0.39 is 0 Å². The van der Waals surface area contributed by atoms with Crippen molar-refractivity contribution in [3.63, 3.8) is 0 Å². The molecule has 0 aliphatic rings. The molecule has 2 atom stereocenters. The number of nitrogens with zero attached hydrogens (tertiary/aromatic N) is 1. The van der Waals surface area contributed by atoms with Crippen LogP contribution < -0.4 is 0 Å². The fourth-order valence-electron chi connectivity index (χ4n) is 1.41. The molecule has 0 aliphatic carbocycles. The number of methoxy groups -OCH3 is 1. The molecule has 0 N–H and O–H groups in total. The molecule has 2 heteroatoms. The van der Waals surface area contributed by atoms with Crippen LogP contribution in [0.1, 0.15) is 53.9 Å². The van der Waals surface area contributed by atoms with Gasteiger partial charge in [0.15, 0.2) is 0 Å². The molecular weight excluding hydrogens is 198 g/mol. The lowest BCUT2D eigenvalue weighted by molar-refractivity contribution is 0.138. The third-order valence-corrected chi connectivity index (χ3v) is 3.17. The molecule has 0 fully saturated rings. The highest BCUT2D eigenvalue weighted by Gasteiger charge is 2.09. The largest absolute Gasteiger partial charge is 0.383 e. The summed E-state index contributed by atoms with van der Waals surface area (Å²) in [5, 5.41) is 0. The summed E-state index contributed by atoms with van der Waals surface area (Å²) in [6, 6.07) is 0.680. The van der Waals surface area contributed by atoms with E-state index in [4.69, 9.17) is 4.74 Å². The zero-order valence-corrected chi connectivity index (χ0v) is 12.5. The van der Waals surface area contributed by atoms with Gasteiger partial charge in [-0.05, 0) is 32.7 Å². The molecule has 0 aromatic heterocycles. The molecule has 0 amide bonds. The van der Waals surface area contributed by atoms with Crippen molar-refractivity contribution < 1.29 is 4.74 Å². The van der Waals surface area contributed by atoms with Crippen molar-refractivity contribution in [3.8, 4) is 0 Å². The van der Waals surface area contributed by atoms with Crippen molar-refractivity contribution >= 4 is 0 Å². The lowest BCUT2D eigenvalue weighted by Gasteiger charge is -2.25. The average molecular weight is 231 g/mol. The van der Waals surface area contributed by atoms with Crippen LogP contribution in [-0.2, 0) is 4.74 Å². The summed E-state index contributed by atoms with van der Waals surface area (Å²) in [5.41, 5.74) is 0. The lowest BCUT2D eigenvalue weighted by Crippen LogP contribution is -2.32. The first-order chi connectivity index (χ1) is 7.61. The summed E-state index contributed by atoms with van der Waals surface area (Å²) in [6.07, 6.45) is 3.94. The van der Waals surface area contributed by atoms with Gasteiger partial charge in [0.2, 0.25) is 0 Å². The highest BCUT2D eigenvalue weighted by Crippen LogP contribution is 2.13. The van der Waals surface area contributed by atoms with Gasteiger partial charge in [0.25, 0.3) is 0 Å². The van der Waals surface area contributed by atoms with E-state index in [-0.39, 0.29) is 0 Å². The Balaban J connectivity index is 0. The summed E-state index contributed by atoms with van der Waals surface area (Å²) >= 11 is 0. The number of ether oxygens (including phenoxy) is 1. The number of hydrogen-bond acceptors (Lipinski definition) is 2. The Bertz CT molecular complexity index is 128. The van der Waals surface area contributed by atoms with E-state index in [9.17, 15) is 0 Å². The van der Waals surface area contributed by atoms with Crippen molar-refractivity contribution in [2.24, 2.45) is 5.92 Å². The Morgan fingerprint density at radius 3 is 2.12 bits per heavy atom. The molecule has 0 saturated carbocycles. The van der Waals surface area contributed by atoms with E-state index in [1.165, 1.54) is 19.3 Å². The summed E-state index contributed by atoms with van der Waals surface area (Å²) in [7, 11) is 3.94. The molecule has 2 unspecified atom stereocenters. The smallest absolute Gasteiger partial charge is 0.0589 e. The minimum atomic E-state index is 0.680. The second-order valence-electron chi connectivity index (χ2n) is 4.41. The minimum absolute atomic E-state index is 0.680. The second-order valence-corrected chi connectivity index (χ2v) is 4.41. The van der Waals surface area contributed by atoms with Gasteiger partial charge in [-0.3, -0.25) is 0 Å². The van der Waals surface area contributed by atoms with Crippen LogP contribution in [0.5, 0.6) is 0 Å². The predicted octanol–water partition coefficient (Wildman–Crippen LogP) is 3.81. The van der Waals surface area contributed by atoms with Crippen LogP contribution in [0.3, 0.4) is 0 Å². The van der Waals surface area contributed by atoms with Crippen LogP contribution in [0.15, 0.2) is 0 Å². The molecule has 0 aromatic carbocycles. The van der Waals surface area contributed by atoms with Gasteiger partial charge in [0.1, 0.15) is 0 Å². The average Bonchev–Trinajstić information content (AvgIpc) is 2.34. The van der Waals surface area contributed by atoms with Gasteiger partial charge in [-0.1, -0.05) is 34.1 Å². The van der Waals surface area contributed by atoms with E-state index in [0.29, 0.717) is 6.04 Å². The molecule has 0 bridgehead atoms. The predicted molar refractivity (Wildman–Crippen MR) is 74.0 cm³/mol. The van der Waals surface area contributed by atoms with Gasteiger partial charge in [-0.15, -0.1) is 0 Å². The normalized spacial score (nSPS) is 14.2. The maximum absolute atomic E-state index is 5.07. The van der Waals surface area contributed by atoms with Crippen LogP contribution >= 0.6 is 0 Å². The number of rotatable bonds is 8. The molecule has 0 aromatic rings. The molecule has 2 nitrogen and oxygen atoms in total. The quantitative estimate of drug-likeness (QED) is 0.630. The second kappa shape index (κ2) is 13.0. The first-order valence-electron chi connectivity index (χ1n) is 6.81. The maximum Gasteiger partial charge on any atom is 0.0589 e. The van der Waals surface area contributed by atoms with Gasteiger partial charge in [0.05, 0.1) is 6.61 Å². The Kier molecular flexibility index (Phi) is 14.8. The van der Waals surface area contributed by atoms with Gasteiger partial charge in [0, 0.05) is 19.7 Å². The third kappa shape index (κ3) is 10.4. The van der Waals surface area contributed by atoms with Crippen LogP contribution in [-0.4, -0.2) is 38.3 Å². The fourth-order valence-corrected chi connectivity index (χ4v) is 1.41. The first kappa shape index (κ1) is 18.3. The number of hydrogen-bond donors (Lipinski definition) is 0. The summed E-state index contributed by atoms with van der Waals surface area (Å²) in [6.45, 7) is 12.8. The minimum Gasteiger partial charge on any atom is -0.383 e. The lowest BCUT2D eigenvalue weighted by atomic mass is 9.99. The van der Waals surface area contributed by atoms with Crippen molar-refractivity contribution in [2.45, 2.75) is 59.9 Å². The van der Waals surface area contributed by atoms with Gasteiger partial charge in [-0.2, -0.15) is 0 Å². The van der Waals surface area contributed by atoms with Crippen molar-refractivity contribution in [2.75, 3.05) is 27.3 Å². The zero-order valence-electron chi connectivity index (χ0n) is 12.5. The fraction of sp³-hybridized carbons (Fsp3) is 1.00.